The minimum atomic E-state index is -0.877. The maximum Gasteiger partial charge on any atom is 0.276 e. The van der Waals surface area contributed by atoms with Gasteiger partial charge in [0.2, 0.25) is 0 Å². The van der Waals surface area contributed by atoms with E-state index >= 15 is 0 Å². The molecule has 2 aromatic heterocycles. The van der Waals surface area contributed by atoms with Crippen LogP contribution in [0.1, 0.15) is 10.5 Å². The van der Waals surface area contributed by atoms with Crippen LogP contribution in [0.15, 0.2) is 36.5 Å². The minimum absolute atomic E-state index is 0.0258. The first-order chi connectivity index (χ1) is 12.4. The maximum absolute atomic E-state index is 13.7. The Hall–Kier alpha value is -3.00. The molecule has 134 valence electrons. The van der Waals surface area contributed by atoms with Gasteiger partial charge in [0.1, 0.15) is 28.2 Å². The average molecular weight is 379 g/mol. The smallest absolute Gasteiger partial charge is 0.276 e. The summed E-state index contributed by atoms with van der Waals surface area (Å²) in [6.45, 7) is 0. The second-order valence-electron chi connectivity index (χ2n) is 5.30. The number of pyridine rings is 1. The number of anilines is 1. The summed E-state index contributed by atoms with van der Waals surface area (Å²) in [6.07, 6.45) is 1.48. The number of halogens is 3. The molecule has 1 N–H and O–H groups in total. The Morgan fingerprint density at radius 1 is 1.27 bits per heavy atom. The van der Waals surface area contributed by atoms with Crippen molar-refractivity contribution in [1.82, 2.24) is 14.8 Å². The Morgan fingerprint density at radius 3 is 2.62 bits per heavy atom. The number of rotatable bonds is 4. The molecular formula is C17H13ClF2N4O2. The number of para-hydroxylation sites is 1. The van der Waals surface area contributed by atoms with E-state index in [2.05, 4.69) is 15.4 Å². The highest BCUT2D eigenvalue weighted by Gasteiger charge is 2.19. The van der Waals surface area contributed by atoms with Gasteiger partial charge in [-0.3, -0.25) is 9.48 Å². The molecular weight excluding hydrogens is 366 g/mol. The topological polar surface area (TPSA) is 69.0 Å². The fraction of sp³-hybridized carbons (Fsp3) is 0.118. The second kappa shape index (κ2) is 7.09. The summed E-state index contributed by atoms with van der Waals surface area (Å²) in [6, 6.07) is 6.29. The number of hydrogen-bond donors (Lipinski definition) is 1. The average Bonchev–Trinajstić information content (AvgIpc) is 2.99. The van der Waals surface area contributed by atoms with Crippen LogP contribution < -0.4 is 10.1 Å². The lowest BCUT2D eigenvalue weighted by molar-refractivity contribution is 0.102. The summed E-state index contributed by atoms with van der Waals surface area (Å²) in [5.41, 5.74) is 0.519. The first-order valence-corrected chi connectivity index (χ1v) is 7.78. The van der Waals surface area contributed by atoms with E-state index in [1.165, 1.54) is 36.2 Å². The van der Waals surface area contributed by atoms with Crippen molar-refractivity contribution in [2.24, 2.45) is 7.05 Å². The van der Waals surface area contributed by atoms with Crippen molar-refractivity contribution in [3.63, 3.8) is 0 Å². The fourth-order valence-electron chi connectivity index (χ4n) is 2.40. The molecule has 3 aromatic rings. The molecule has 3 rings (SSSR count). The van der Waals surface area contributed by atoms with E-state index in [-0.39, 0.29) is 10.8 Å². The predicted octanol–water partition coefficient (Wildman–Crippen LogP) is 3.67. The van der Waals surface area contributed by atoms with Gasteiger partial charge in [-0.25, -0.2) is 13.8 Å². The SMILES string of the molecule is COc1cc(Cl)ncc1-c1cc(C(=O)Nc2c(F)cccc2F)nn1C. The number of methoxy groups -OCH3 is 1. The van der Waals surface area contributed by atoms with Gasteiger partial charge in [0.25, 0.3) is 5.91 Å². The number of aromatic nitrogens is 3. The molecule has 26 heavy (non-hydrogen) atoms. The van der Waals surface area contributed by atoms with Crippen molar-refractivity contribution >= 4 is 23.2 Å². The van der Waals surface area contributed by atoms with Crippen LogP contribution in [0.5, 0.6) is 5.75 Å². The lowest BCUT2D eigenvalue weighted by Gasteiger charge is -2.08. The van der Waals surface area contributed by atoms with Crippen molar-refractivity contribution < 1.29 is 18.3 Å². The summed E-state index contributed by atoms with van der Waals surface area (Å²) < 4.78 is 34.1. The van der Waals surface area contributed by atoms with Crippen LogP contribution in [-0.4, -0.2) is 27.8 Å². The summed E-state index contributed by atoms with van der Waals surface area (Å²) in [5, 5.41) is 6.53. The maximum atomic E-state index is 13.7. The van der Waals surface area contributed by atoms with Crippen LogP contribution in [0.4, 0.5) is 14.5 Å². The van der Waals surface area contributed by atoms with E-state index in [1.807, 2.05) is 0 Å². The number of hydrogen-bond acceptors (Lipinski definition) is 4. The number of aryl methyl sites for hydroxylation is 1. The van der Waals surface area contributed by atoms with Gasteiger partial charge in [-0.2, -0.15) is 5.10 Å². The fourth-order valence-corrected chi connectivity index (χ4v) is 2.55. The van der Waals surface area contributed by atoms with E-state index < -0.39 is 23.2 Å². The van der Waals surface area contributed by atoms with Gasteiger partial charge in [0.05, 0.1) is 18.4 Å². The Bertz CT molecular complexity index is 971. The summed E-state index contributed by atoms with van der Waals surface area (Å²) in [7, 11) is 3.09. The predicted molar refractivity (Wildman–Crippen MR) is 92.3 cm³/mol. The van der Waals surface area contributed by atoms with Gasteiger partial charge in [-0.1, -0.05) is 17.7 Å². The summed E-state index contributed by atoms with van der Waals surface area (Å²) >= 11 is 5.85. The van der Waals surface area contributed by atoms with Crippen molar-refractivity contribution in [3.8, 4) is 17.0 Å². The molecule has 0 saturated heterocycles. The number of carbonyl (C=O) groups excluding carboxylic acids is 1. The second-order valence-corrected chi connectivity index (χ2v) is 5.68. The largest absolute Gasteiger partial charge is 0.496 e. The zero-order valence-corrected chi connectivity index (χ0v) is 14.5. The molecule has 0 fully saturated rings. The molecule has 0 spiro atoms. The van der Waals surface area contributed by atoms with Crippen LogP contribution in [0.25, 0.3) is 11.3 Å². The number of nitrogens with zero attached hydrogens (tertiary/aromatic N) is 3. The highest BCUT2D eigenvalue weighted by Crippen LogP contribution is 2.31. The van der Waals surface area contributed by atoms with Gasteiger partial charge in [0.15, 0.2) is 5.69 Å². The Morgan fingerprint density at radius 2 is 1.96 bits per heavy atom. The van der Waals surface area contributed by atoms with Gasteiger partial charge >= 0.3 is 0 Å². The van der Waals surface area contributed by atoms with E-state index in [0.29, 0.717) is 17.0 Å². The number of amides is 1. The van der Waals surface area contributed by atoms with E-state index in [0.717, 1.165) is 12.1 Å². The first-order valence-electron chi connectivity index (χ1n) is 7.40. The van der Waals surface area contributed by atoms with Crippen LogP contribution in [-0.2, 0) is 7.05 Å². The molecule has 1 aromatic carbocycles. The quantitative estimate of drug-likeness (QED) is 0.703. The molecule has 0 aliphatic carbocycles. The summed E-state index contributed by atoms with van der Waals surface area (Å²) in [4.78, 5) is 16.3. The minimum Gasteiger partial charge on any atom is -0.496 e. The lowest BCUT2D eigenvalue weighted by Crippen LogP contribution is -2.15. The highest BCUT2D eigenvalue weighted by molar-refractivity contribution is 6.29. The molecule has 0 atom stereocenters. The van der Waals surface area contributed by atoms with Gasteiger partial charge in [-0.15, -0.1) is 0 Å². The third-order valence-electron chi connectivity index (χ3n) is 3.64. The molecule has 0 radical (unpaired) electrons. The molecule has 0 unspecified atom stereocenters. The normalized spacial score (nSPS) is 10.7. The molecule has 1 amide bonds. The first kappa shape index (κ1) is 17.8. The standard InChI is InChI=1S/C17H13ClF2N4O2/c1-24-13(9-8-21-15(18)7-14(9)26-2)6-12(23-24)17(25)22-16-10(19)4-3-5-11(16)20/h3-8H,1-2H3,(H,22,25). The van der Waals surface area contributed by atoms with Crippen molar-refractivity contribution in [3.05, 3.63) is 59.0 Å². The Labute approximate surface area is 152 Å². The van der Waals surface area contributed by atoms with E-state index in [4.69, 9.17) is 16.3 Å². The van der Waals surface area contributed by atoms with Crippen LogP contribution in [0.2, 0.25) is 5.15 Å². The van der Waals surface area contributed by atoms with Crippen molar-refractivity contribution in [1.29, 1.82) is 0 Å². The van der Waals surface area contributed by atoms with Crippen LogP contribution >= 0.6 is 11.6 Å². The molecule has 6 nitrogen and oxygen atoms in total. The highest BCUT2D eigenvalue weighted by atomic mass is 35.5. The molecule has 9 heteroatoms. The third kappa shape index (κ3) is 3.36. The van der Waals surface area contributed by atoms with Crippen molar-refractivity contribution in [2.45, 2.75) is 0 Å². The monoisotopic (exact) mass is 378 g/mol. The molecule has 2 heterocycles. The number of carbonyl (C=O) groups is 1. The Balaban J connectivity index is 1.95. The van der Waals surface area contributed by atoms with Gasteiger partial charge in [0, 0.05) is 19.3 Å². The van der Waals surface area contributed by atoms with Crippen LogP contribution in [0, 0.1) is 11.6 Å². The summed E-state index contributed by atoms with van der Waals surface area (Å²) in [5.74, 6) is -2.06. The molecule has 0 saturated carbocycles. The number of nitrogens with one attached hydrogen (secondary N) is 1. The third-order valence-corrected chi connectivity index (χ3v) is 3.85. The Kier molecular flexibility index (Phi) is 4.85. The van der Waals surface area contributed by atoms with Crippen molar-refractivity contribution in [2.75, 3.05) is 12.4 Å². The number of benzene rings is 1. The van der Waals surface area contributed by atoms with E-state index in [9.17, 15) is 13.6 Å². The molecule has 0 aliphatic rings. The van der Waals surface area contributed by atoms with Gasteiger partial charge in [-0.05, 0) is 18.2 Å². The van der Waals surface area contributed by atoms with E-state index in [1.54, 1.807) is 7.05 Å². The molecule has 0 bridgehead atoms. The zero-order valence-electron chi connectivity index (χ0n) is 13.8. The van der Waals surface area contributed by atoms with Crippen LogP contribution in [0.3, 0.4) is 0 Å². The number of ether oxygens (including phenoxy) is 1. The van der Waals surface area contributed by atoms with Gasteiger partial charge < -0.3 is 10.1 Å². The lowest BCUT2D eigenvalue weighted by atomic mass is 10.1. The molecule has 0 aliphatic heterocycles. The zero-order chi connectivity index (χ0) is 18.8.